The smallest absolute Gasteiger partial charge is 0.287 e. The van der Waals surface area contributed by atoms with Gasteiger partial charge in [-0.1, -0.05) is 30.3 Å². The second kappa shape index (κ2) is 5.93. The van der Waals surface area contributed by atoms with E-state index in [2.05, 4.69) is 5.32 Å². The Labute approximate surface area is 117 Å². The van der Waals surface area contributed by atoms with Crippen LogP contribution in [0.2, 0.25) is 0 Å². The van der Waals surface area contributed by atoms with Gasteiger partial charge in [-0.15, -0.1) is 11.6 Å². The second-order valence-electron chi connectivity index (χ2n) is 4.42. The minimum absolute atomic E-state index is 0.0734. The predicted molar refractivity (Wildman–Crippen MR) is 75.3 cm³/mol. The molecule has 0 radical (unpaired) electrons. The summed E-state index contributed by atoms with van der Waals surface area (Å²) in [6, 6.07) is 13.1. The topological polar surface area (TPSA) is 42.2 Å². The van der Waals surface area contributed by atoms with Crippen LogP contribution in [-0.2, 0) is 0 Å². The van der Waals surface area contributed by atoms with Gasteiger partial charge in [-0.05, 0) is 31.5 Å². The first-order chi connectivity index (χ1) is 9.08. The number of hydrogen-bond acceptors (Lipinski definition) is 2. The van der Waals surface area contributed by atoms with Crippen molar-refractivity contribution in [2.45, 2.75) is 25.3 Å². The van der Waals surface area contributed by atoms with Crippen LogP contribution < -0.4 is 5.32 Å². The van der Waals surface area contributed by atoms with E-state index in [1.54, 1.807) is 19.1 Å². The molecule has 0 saturated carbocycles. The normalized spacial score (nSPS) is 13.8. The van der Waals surface area contributed by atoms with Crippen molar-refractivity contribution in [1.29, 1.82) is 0 Å². The average molecular weight is 278 g/mol. The minimum Gasteiger partial charge on any atom is -0.454 e. The molecular weight excluding hydrogens is 262 g/mol. The van der Waals surface area contributed by atoms with Gasteiger partial charge in [0.15, 0.2) is 5.76 Å². The second-order valence-corrected chi connectivity index (χ2v) is 5.08. The van der Waals surface area contributed by atoms with Crippen LogP contribution in [0.4, 0.5) is 0 Å². The van der Waals surface area contributed by atoms with Crippen LogP contribution in [-0.4, -0.2) is 5.91 Å². The van der Waals surface area contributed by atoms with Crippen molar-refractivity contribution in [2.75, 3.05) is 0 Å². The van der Waals surface area contributed by atoms with Crippen LogP contribution in [0.1, 0.15) is 47.1 Å². The largest absolute Gasteiger partial charge is 0.454 e. The molecular formula is C15H16ClNO2. The Morgan fingerprint density at radius 3 is 2.42 bits per heavy atom. The SMILES string of the molecule is CC(Cl)c1ccc(C(=O)NC(C)c2ccccc2)o1. The zero-order chi connectivity index (χ0) is 13.8. The van der Waals surface area contributed by atoms with Gasteiger partial charge in [-0.2, -0.15) is 0 Å². The monoisotopic (exact) mass is 277 g/mol. The number of nitrogens with one attached hydrogen (secondary N) is 1. The van der Waals surface area contributed by atoms with Gasteiger partial charge < -0.3 is 9.73 Å². The molecule has 1 N–H and O–H groups in total. The average Bonchev–Trinajstić information content (AvgIpc) is 2.89. The fourth-order valence-electron chi connectivity index (χ4n) is 1.78. The molecule has 0 aliphatic carbocycles. The molecule has 4 heteroatoms. The molecule has 2 atom stereocenters. The number of rotatable bonds is 4. The highest BCUT2D eigenvalue weighted by atomic mass is 35.5. The van der Waals surface area contributed by atoms with Gasteiger partial charge >= 0.3 is 0 Å². The maximum Gasteiger partial charge on any atom is 0.287 e. The lowest BCUT2D eigenvalue weighted by Crippen LogP contribution is -2.26. The molecule has 0 fully saturated rings. The highest BCUT2D eigenvalue weighted by Gasteiger charge is 2.16. The predicted octanol–water partition coefficient (Wildman–Crippen LogP) is 4.07. The van der Waals surface area contributed by atoms with Crippen LogP contribution in [0.25, 0.3) is 0 Å². The van der Waals surface area contributed by atoms with E-state index >= 15 is 0 Å². The van der Waals surface area contributed by atoms with E-state index in [0.29, 0.717) is 5.76 Å². The molecule has 1 aromatic carbocycles. The number of halogens is 1. The lowest BCUT2D eigenvalue weighted by molar-refractivity contribution is 0.0910. The van der Waals surface area contributed by atoms with Crippen molar-refractivity contribution >= 4 is 17.5 Å². The van der Waals surface area contributed by atoms with E-state index in [0.717, 1.165) is 5.56 Å². The molecule has 1 heterocycles. The van der Waals surface area contributed by atoms with Crippen molar-refractivity contribution in [3.8, 4) is 0 Å². The van der Waals surface area contributed by atoms with Crippen molar-refractivity contribution in [3.63, 3.8) is 0 Å². The highest BCUT2D eigenvalue weighted by molar-refractivity contribution is 6.20. The summed E-state index contributed by atoms with van der Waals surface area (Å²) in [6.45, 7) is 3.73. The third kappa shape index (κ3) is 3.38. The molecule has 2 aromatic rings. The van der Waals surface area contributed by atoms with Crippen LogP contribution >= 0.6 is 11.6 Å². The number of amides is 1. The van der Waals surface area contributed by atoms with Crippen LogP contribution in [0.15, 0.2) is 46.9 Å². The van der Waals surface area contributed by atoms with E-state index in [4.69, 9.17) is 16.0 Å². The lowest BCUT2D eigenvalue weighted by atomic mass is 10.1. The number of alkyl halides is 1. The highest BCUT2D eigenvalue weighted by Crippen LogP contribution is 2.22. The number of benzene rings is 1. The van der Waals surface area contributed by atoms with Gasteiger partial charge in [-0.25, -0.2) is 0 Å². The first-order valence-corrected chi connectivity index (χ1v) is 6.61. The van der Waals surface area contributed by atoms with Gasteiger partial charge in [0.1, 0.15) is 5.76 Å². The van der Waals surface area contributed by atoms with E-state index in [-0.39, 0.29) is 23.1 Å². The van der Waals surface area contributed by atoms with Crippen LogP contribution in [0, 0.1) is 0 Å². The van der Waals surface area contributed by atoms with Crippen molar-refractivity contribution in [3.05, 3.63) is 59.5 Å². The maximum absolute atomic E-state index is 12.0. The Kier molecular flexibility index (Phi) is 4.27. The number of hydrogen-bond donors (Lipinski definition) is 1. The zero-order valence-corrected chi connectivity index (χ0v) is 11.6. The molecule has 100 valence electrons. The molecule has 0 spiro atoms. The number of carbonyl (C=O) groups excluding carboxylic acids is 1. The molecule has 2 rings (SSSR count). The third-order valence-electron chi connectivity index (χ3n) is 2.89. The summed E-state index contributed by atoms with van der Waals surface area (Å²) in [6.07, 6.45) is 0. The Morgan fingerprint density at radius 1 is 1.16 bits per heavy atom. The van der Waals surface area contributed by atoms with E-state index in [1.807, 2.05) is 37.3 Å². The van der Waals surface area contributed by atoms with Gasteiger partial charge in [-0.3, -0.25) is 4.79 Å². The first-order valence-electron chi connectivity index (χ1n) is 6.17. The summed E-state index contributed by atoms with van der Waals surface area (Å²) in [4.78, 5) is 12.0. The third-order valence-corrected chi connectivity index (χ3v) is 3.10. The van der Waals surface area contributed by atoms with Crippen LogP contribution in [0.3, 0.4) is 0 Å². The Balaban J connectivity index is 2.04. The molecule has 1 aromatic heterocycles. The fourth-order valence-corrected chi connectivity index (χ4v) is 1.90. The van der Waals surface area contributed by atoms with Crippen molar-refractivity contribution in [2.24, 2.45) is 0 Å². The molecule has 3 nitrogen and oxygen atoms in total. The fraction of sp³-hybridized carbons (Fsp3) is 0.267. The van der Waals surface area contributed by atoms with Gasteiger partial charge in [0.25, 0.3) is 5.91 Å². The quantitative estimate of drug-likeness (QED) is 0.856. The van der Waals surface area contributed by atoms with Gasteiger partial charge in [0, 0.05) is 0 Å². The standard InChI is InChI=1S/C15H16ClNO2/c1-10(16)13-8-9-14(19-13)15(18)17-11(2)12-6-4-3-5-7-12/h3-11H,1-2H3,(H,17,18). The van der Waals surface area contributed by atoms with Crippen molar-refractivity contribution in [1.82, 2.24) is 5.32 Å². The molecule has 0 aliphatic heterocycles. The summed E-state index contributed by atoms with van der Waals surface area (Å²) in [7, 11) is 0. The molecule has 19 heavy (non-hydrogen) atoms. The molecule has 0 saturated heterocycles. The van der Waals surface area contributed by atoms with Crippen LogP contribution in [0.5, 0.6) is 0 Å². The first kappa shape index (κ1) is 13.7. The summed E-state index contributed by atoms with van der Waals surface area (Å²) >= 11 is 5.90. The van der Waals surface area contributed by atoms with E-state index in [1.165, 1.54) is 0 Å². The summed E-state index contributed by atoms with van der Waals surface area (Å²) in [5, 5.41) is 2.65. The maximum atomic E-state index is 12.0. The molecule has 2 unspecified atom stereocenters. The number of furan rings is 1. The van der Waals surface area contributed by atoms with Gasteiger partial charge in [0.2, 0.25) is 0 Å². The zero-order valence-electron chi connectivity index (χ0n) is 10.9. The van der Waals surface area contributed by atoms with E-state index in [9.17, 15) is 4.79 Å². The Morgan fingerprint density at radius 2 is 1.84 bits per heavy atom. The van der Waals surface area contributed by atoms with E-state index < -0.39 is 0 Å². The summed E-state index contributed by atoms with van der Waals surface area (Å²) < 4.78 is 5.40. The Hall–Kier alpha value is -1.74. The van der Waals surface area contributed by atoms with Crippen molar-refractivity contribution < 1.29 is 9.21 Å². The summed E-state index contributed by atoms with van der Waals surface area (Å²) in [5.74, 6) is 0.643. The minimum atomic E-state index is -0.243. The molecule has 0 bridgehead atoms. The number of carbonyl (C=O) groups is 1. The summed E-state index contributed by atoms with van der Waals surface area (Å²) in [5.41, 5.74) is 1.05. The lowest BCUT2D eigenvalue weighted by Gasteiger charge is -2.13. The van der Waals surface area contributed by atoms with Gasteiger partial charge in [0.05, 0.1) is 11.4 Å². The Bertz CT molecular complexity index is 548. The molecule has 1 amide bonds. The molecule has 0 aliphatic rings.